The van der Waals surface area contributed by atoms with Crippen LogP contribution in [0, 0.1) is 5.92 Å². The zero-order valence-corrected chi connectivity index (χ0v) is 13.9. The van der Waals surface area contributed by atoms with Crippen molar-refractivity contribution in [2.45, 2.75) is 32.6 Å². The summed E-state index contributed by atoms with van der Waals surface area (Å²) in [5.41, 5.74) is 7.01. The van der Waals surface area contributed by atoms with Crippen LogP contribution >= 0.6 is 12.2 Å². The lowest BCUT2D eigenvalue weighted by molar-refractivity contribution is 0.200. The van der Waals surface area contributed by atoms with Crippen LogP contribution in [0.2, 0.25) is 0 Å². The summed E-state index contributed by atoms with van der Waals surface area (Å²) in [7, 11) is 0. The highest BCUT2D eigenvalue weighted by Crippen LogP contribution is 2.33. The third kappa shape index (κ3) is 4.97. The molecule has 0 aromatic heterocycles. The summed E-state index contributed by atoms with van der Waals surface area (Å²) in [5, 5.41) is 0. The topological polar surface area (TPSA) is 38.5 Å². The minimum Gasteiger partial charge on any atom is -0.493 e. The first kappa shape index (κ1) is 16.2. The molecule has 0 radical (unpaired) electrons. The smallest absolute Gasteiger partial charge is 0.122 e. The highest BCUT2D eigenvalue weighted by atomic mass is 32.1. The van der Waals surface area contributed by atoms with E-state index in [1.165, 1.54) is 5.56 Å². The number of rotatable bonds is 7. The lowest BCUT2D eigenvalue weighted by Crippen LogP contribution is -2.35. The Morgan fingerprint density at radius 1 is 1.43 bits per heavy atom. The molecule has 0 spiro atoms. The summed E-state index contributed by atoms with van der Waals surface area (Å²) >= 11 is 5.03. The number of nitrogens with zero attached hydrogens (tertiary/aromatic N) is 1. The van der Waals surface area contributed by atoms with Crippen molar-refractivity contribution in [2.24, 2.45) is 11.7 Å². The Bertz CT molecular complexity index is 476. The number of thiocarbonyl (C=S) groups is 1. The molecule has 2 rings (SSSR count). The van der Waals surface area contributed by atoms with Gasteiger partial charge in [0.1, 0.15) is 5.75 Å². The molecule has 1 unspecified atom stereocenters. The van der Waals surface area contributed by atoms with Gasteiger partial charge in [0.05, 0.1) is 11.6 Å². The molecule has 21 heavy (non-hydrogen) atoms. The van der Waals surface area contributed by atoms with Gasteiger partial charge in [-0.1, -0.05) is 44.3 Å². The van der Waals surface area contributed by atoms with Crippen molar-refractivity contribution in [1.82, 2.24) is 4.90 Å². The summed E-state index contributed by atoms with van der Waals surface area (Å²) in [4.78, 5) is 3.10. The van der Waals surface area contributed by atoms with E-state index >= 15 is 0 Å². The predicted molar refractivity (Wildman–Crippen MR) is 92.0 cm³/mol. The van der Waals surface area contributed by atoms with Crippen molar-refractivity contribution in [1.29, 1.82) is 0 Å². The number of ether oxygens (including phenoxy) is 1. The van der Waals surface area contributed by atoms with E-state index in [9.17, 15) is 0 Å². The summed E-state index contributed by atoms with van der Waals surface area (Å²) in [5.74, 6) is 2.24. The Morgan fingerprint density at radius 2 is 2.19 bits per heavy atom. The van der Waals surface area contributed by atoms with Gasteiger partial charge in [-0.05, 0) is 24.0 Å². The molecule has 1 aromatic carbocycles. The van der Waals surface area contributed by atoms with Gasteiger partial charge in [-0.2, -0.15) is 0 Å². The van der Waals surface area contributed by atoms with Gasteiger partial charge in [-0.15, -0.1) is 0 Å². The molecular formula is C17H26N2OS. The van der Waals surface area contributed by atoms with Crippen molar-refractivity contribution < 1.29 is 4.74 Å². The van der Waals surface area contributed by atoms with Crippen LogP contribution in [0.15, 0.2) is 24.3 Å². The van der Waals surface area contributed by atoms with E-state index in [0.717, 1.165) is 44.8 Å². The average molecular weight is 306 g/mol. The Hall–Kier alpha value is -1.13. The van der Waals surface area contributed by atoms with Gasteiger partial charge >= 0.3 is 0 Å². The average Bonchev–Trinajstić information content (AvgIpc) is 2.44. The minimum absolute atomic E-state index is 0.542. The molecule has 0 amide bonds. The van der Waals surface area contributed by atoms with Gasteiger partial charge in [0.15, 0.2) is 0 Å². The van der Waals surface area contributed by atoms with Crippen LogP contribution in [0.5, 0.6) is 5.75 Å². The first-order valence-electron chi connectivity index (χ1n) is 7.78. The fourth-order valence-electron chi connectivity index (χ4n) is 2.96. The second-order valence-corrected chi connectivity index (χ2v) is 6.77. The third-order valence-electron chi connectivity index (χ3n) is 3.86. The van der Waals surface area contributed by atoms with Crippen LogP contribution in [0.3, 0.4) is 0 Å². The molecule has 3 nitrogen and oxygen atoms in total. The van der Waals surface area contributed by atoms with Gasteiger partial charge in [0, 0.05) is 32.0 Å². The molecule has 1 aliphatic rings. The van der Waals surface area contributed by atoms with Crippen molar-refractivity contribution in [2.75, 3.05) is 26.2 Å². The maximum absolute atomic E-state index is 5.76. The van der Waals surface area contributed by atoms with Crippen molar-refractivity contribution in [3.63, 3.8) is 0 Å². The number of para-hydroxylation sites is 1. The van der Waals surface area contributed by atoms with Crippen molar-refractivity contribution in [3.05, 3.63) is 29.8 Å². The first-order chi connectivity index (χ1) is 10.1. The Kier molecular flexibility index (Phi) is 6.00. The maximum atomic E-state index is 5.76. The third-order valence-corrected chi connectivity index (χ3v) is 4.06. The number of hydrogen-bond donors (Lipinski definition) is 1. The fraction of sp³-hybridized carbons (Fsp3) is 0.588. The molecule has 1 atom stereocenters. The fourth-order valence-corrected chi connectivity index (χ4v) is 3.05. The molecule has 116 valence electrons. The minimum atomic E-state index is 0.542. The van der Waals surface area contributed by atoms with E-state index in [2.05, 4.69) is 36.9 Å². The van der Waals surface area contributed by atoms with Gasteiger partial charge in [0.25, 0.3) is 0 Å². The van der Waals surface area contributed by atoms with Crippen LogP contribution in [0.25, 0.3) is 0 Å². The van der Waals surface area contributed by atoms with Crippen LogP contribution in [-0.4, -0.2) is 36.1 Å². The highest BCUT2D eigenvalue weighted by molar-refractivity contribution is 7.80. The highest BCUT2D eigenvalue weighted by Gasteiger charge is 2.23. The van der Waals surface area contributed by atoms with Gasteiger partial charge in [-0.25, -0.2) is 0 Å². The molecule has 4 heteroatoms. The molecule has 0 saturated heterocycles. The number of benzene rings is 1. The molecule has 2 N–H and O–H groups in total. The molecule has 0 fully saturated rings. The summed E-state index contributed by atoms with van der Waals surface area (Å²) in [6.45, 7) is 8.42. The molecule has 1 heterocycles. The van der Waals surface area contributed by atoms with E-state index in [-0.39, 0.29) is 0 Å². The van der Waals surface area contributed by atoms with Crippen LogP contribution < -0.4 is 10.5 Å². The second-order valence-electron chi connectivity index (χ2n) is 6.24. The zero-order valence-electron chi connectivity index (χ0n) is 13.0. The molecule has 0 saturated carbocycles. The largest absolute Gasteiger partial charge is 0.493 e. The molecule has 1 aliphatic heterocycles. The van der Waals surface area contributed by atoms with Gasteiger partial charge < -0.3 is 15.4 Å². The molecule has 0 aliphatic carbocycles. The maximum Gasteiger partial charge on any atom is 0.122 e. The van der Waals surface area contributed by atoms with Crippen LogP contribution in [-0.2, 0) is 0 Å². The standard InChI is InChI=1S/C17H26N2OS/c1-13(2)11-19(9-7-17(18)21)12-14-8-10-20-16-6-4-3-5-15(14)16/h3-6,13-14H,7-12H2,1-2H3,(H2,18,21). The predicted octanol–water partition coefficient (Wildman–Crippen LogP) is 3.19. The Morgan fingerprint density at radius 3 is 2.90 bits per heavy atom. The zero-order chi connectivity index (χ0) is 15.2. The van der Waals surface area contributed by atoms with Crippen molar-refractivity contribution >= 4 is 17.2 Å². The summed E-state index contributed by atoms with van der Waals surface area (Å²) in [6, 6.07) is 8.41. The van der Waals surface area contributed by atoms with E-state index in [1.807, 2.05) is 6.07 Å². The van der Waals surface area contributed by atoms with Crippen LogP contribution in [0.4, 0.5) is 0 Å². The van der Waals surface area contributed by atoms with E-state index in [0.29, 0.717) is 16.8 Å². The van der Waals surface area contributed by atoms with Crippen molar-refractivity contribution in [3.8, 4) is 5.75 Å². The van der Waals surface area contributed by atoms with Gasteiger partial charge in [0.2, 0.25) is 0 Å². The quantitative estimate of drug-likeness (QED) is 0.785. The van der Waals surface area contributed by atoms with Crippen LogP contribution in [0.1, 0.15) is 38.2 Å². The Balaban J connectivity index is 2.04. The lowest BCUT2D eigenvalue weighted by atomic mass is 9.92. The molecular weight excluding hydrogens is 280 g/mol. The second kappa shape index (κ2) is 7.76. The van der Waals surface area contributed by atoms with E-state index in [1.54, 1.807) is 0 Å². The SMILES string of the molecule is CC(C)CN(CCC(N)=S)CC1CCOc2ccccc21. The summed E-state index contributed by atoms with van der Waals surface area (Å²) < 4.78 is 5.76. The van der Waals surface area contributed by atoms with E-state index < -0.39 is 0 Å². The normalized spacial score (nSPS) is 17.6. The number of nitrogens with two attached hydrogens (primary N) is 1. The molecule has 1 aromatic rings. The lowest BCUT2D eigenvalue weighted by Gasteiger charge is -2.32. The number of hydrogen-bond acceptors (Lipinski definition) is 3. The summed E-state index contributed by atoms with van der Waals surface area (Å²) in [6.07, 6.45) is 1.88. The monoisotopic (exact) mass is 306 g/mol. The van der Waals surface area contributed by atoms with Gasteiger partial charge in [-0.3, -0.25) is 0 Å². The Labute approximate surface area is 133 Å². The number of fused-ring (bicyclic) bond motifs is 1. The van der Waals surface area contributed by atoms with E-state index in [4.69, 9.17) is 22.7 Å². The molecule has 0 bridgehead atoms. The first-order valence-corrected chi connectivity index (χ1v) is 8.19.